The van der Waals surface area contributed by atoms with Crippen molar-refractivity contribution in [2.45, 2.75) is 39.3 Å². The molecule has 0 unspecified atom stereocenters. The fraction of sp³-hybridized carbons (Fsp3) is 0.923. The summed E-state index contributed by atoms with van der Waals surface area (Å²) in [6, 6.07) is 0.391. The molecule has 0 amide bonds. The normalized spacial score (nSPS) is 18.1. The van der Waals surface area contributed by atoms with Crippen LogP contribution in [0.3, 0.4) is 0 Å². The number of rotatable bonds is 4. The van der Waals surface area contributed by atoms with Gasteiger partial charge in [0.1, 0.15) is 0 Å². The Kier molecular flexibility index (Phi) is 8.93. The van der Waals surface area contributed by atoms with Gasteiger partial charge < -0.3 is 15.4 Å². The predicted octanol–water partition coefficient (Wildman–Crippen LogP) is 1.29. The molecule has 1 fully saturated rings. The Bertz CT molecular complexity index is 276. The lowest BCUT2D eigenvalue weighted by molar-refractivity contribution is -0.00834. The summed E-state index contributed by atoms with van der Waals surface area (Å²) in [6.45, 7) is 13.3. The maximum atomic E-state index is 5.40. The highest BCUT2D eigenvalue weighted by atomic mass is 127. The molecule has 1 saturated heterocycles. The van der Waals surface area contributed by atoms with Crippen molar-refractivity contribution in [1.29, 1.82) is 0 Å². The monoisotopic (exact) mass is 384 g/mol. The number of nitrogens with one attached hydrogen (secondary N) is 2. The van der Waals surface area contributed by atoms with E-state index in [0.717, 1.165) is 38.8 Å². The van der Waals surface area contributed by atoms with Gasteiger partial charge in [-0.25, -0.2) is 0 Å². The van der Waals surface area contributed by atoms with Gasteiger partial charge in [0.2, 0.25) is 0 Å². The van der Waals surface area contributed by atoms with Gasteiger partial charge >= 0.3 is 0 Å². The average molecular weight is 384 g/mol. The molecule has 1 rings (SSSR count). The Hall–Kier alpha value is -0.0800. The van der Waals surface area contributed by atoms with Gasteiger partial charge in [-0.2, -0.15) is 0 Å². The molecule has 0 saturated carbocycles. The molecule has 0 radical (unpaired) electrons. The zero-order valence-electron chi connectivity index (χ0n) is 12.8. The molecular formula is C13H29IN4O. The number of aliphatic imine (C=N–C) groups is 1. The standard InChI is InChI=1S/C13H28N4O.HI/c1-11(2)16-12(14-5)15-10-13(3,4)17-6-8-18-9-7-17;/h11H,6-10H2,1-5H3,(H2,14,15,16);1H. The van der Waals surface area contributed by atoms with Gasteiger partial charge in [-0.15, -0.1) is 24.0 Å². The van der Waals surface area contributed by atoms with Crippen LogP contribution in [0.25, 0.3) is 0 Å². The van der Waals surface area contributed by atoms with Crippen LogP contribution in [0.15, 0.2) is 4.99 Å². The number of nitrogens with zero attached hydrogens (tertiary/aromatic N) is 2. The molecule has 0 aromatic rings. The number of hydrogen-bond donors (Lipinski definition) is 2. The van der Waals surface area contributed by atoms with Crippen LogP contribution in [0.5, 0.6) is 0 Å². The van der Waals surface area contributed by atoms with Crippen LogP contribution in [0.4, 0.5) is 0 Å². The van der Waals surface area contributed by atoms with Crippen LogP contribution in [-0.2, 0) is 4.74 Å². The van der Waals surface area contributed by atoms with Crippen molar-refractivity contribution < 1.29 is 4.74 Å². The third-order valence-electron chi connectivity index (χ3n) is 3.20. The van der Waals surface area contributed by atoms with Crippen LogP contribution >= 0.6 is 24.0 Å². The second-order valence-electron chi connectivity index (χ2n) is 5.64. The van der Waals surface area contributed by atoms with E-state index in [-0.39, 0.29) is 29.5 Å². The molecule has 1 aliphatic rings. The molecule has 2 N–H and O–H groups in total. The maximum absolute atomic E-state index is 5.40. The fourth-order valence-corrected chi connectivity index (χ4v) is 2.05. The van der Waals surface area contributed by atoms with Crippen molar-refractivity contribution in [2.75, 3.05) is 39.9 Å². The Balaban J connectivity index is 0.00000324. The molecule has 0 aromatic heterocycles. The van der Waals surface area contributed by atoms with Gasteiger partial charge in [-0.05, 0) is 27.7 Å². The van der Waals surface area contributed by atoms with Crippen LogP contribution in [0, 0.1) is 0 Å². The molecule has 1 aliphatic heterocycles. The summed E-state index contributed by atoms with van der Waals surface area (Å²) >= 11 is 0. The molecule has 5 nitrogen and oxygen atoms in total. The van der Waals surface area contributed by atoms with Gasteiger partial charge in [-0.3, -0.25) is 9.89 Å². The second-order valence-corrected chi connectivity index (χ2v) is 5.64. The first-order valence-electron chi connectivity index (χ1n) is 6.75. The number of guanidine groups is 1. The van der Waals surface area contributed by atoms with E-state index in [9.17, 15) is 0 Å². The molecule has 0 aromatic carbocycles. The third-order valence-corrected chi connectivity index (χ3v) is 3.20. The number of halogens is 1. The molecule has 0 atom stereocenters. The van der Waals surface area contributed by atoms with Crippen molar-refractivity contribution in [1.82, 2.24) is 15.5 Å². The van der Waals surface area contributed by atoms with E-state index in [0.29, 0.717) is 6.04 Å². The van der Waals surface area contributed by atoms with E-state index in [4.69, 9.17) is 4.74 Å². The van der Waals surface area contributed by atoms with Crippen LogP contribution in [0.2, 0.25) is 0 Å². The highest BCUT2D eigenvalue weighted by molar-refractivity contribution is 14.0. The molecule has 1 heterocycles. The minimum atomic E-state index is 0. The van der Waals surface area contributed by atoms with Crippen molar-refractivity contribution in [3.05, 3.63) is 0 Å². The van der Waals surface area contributed by atoms with E-state index in [2.05, 4.69) is 48.2 Å². The lowest BCUT2D eigenvalue weighted by Crippen LogP contribution is -2.56. The third kappa shape index (κ3) is 6.76. The summed E-state index contributed by atoms with van der Waals surface area (Å²) in [5, 5.41) is 6.70. The number of ether oxygens (including phenoxy) is 1. The van der Waals surface area contributed by atoms with Crippen molar-refractivity contribution >= 4 is 29.9 Å². The van der Waals surface area contributed by atoms with Crippen LogP contribution in [0.1, 0.15) is 27.7 Å². The first-order valence-corrected chi connectivity index (χ1v) is 6.75. The minimum Gasteiger partial charge on any atom is -0.379 e. The summed E-state index contributed by atoms with van der Waals surface area (Å²) in [7, 11) is 1.81. The van der Waals surface area contributed by atoms with Gasteiger partial charge in [0, 0.05) is 38.3 Å². The zero-order chi connectivity index (χ0) is 13.6. The van der Waals surface area contributed by atoms with Gasteiger partial charge in [0.05, 0.1) is 13.2 Å². The highest BCUT2D eigenvalue weighted by Gasteiger charge is 2.28. The smallest absolute Gasteiger partial charge is 0.191 e. The number of morpholine rings is 1. The quantitative estimate of drug-likeness (QED) is 0.436. The minimum absolute atomic E-state index is 0. The summed E-state index contributed by atoms with van der Waals surface area (Å²) in [6.07, 6.45) is 0. The summed E-state index contributed by atoms with van der Waals surface area (Å²) in [5.74, 6) is 0.867. The Labute approximate surface area is 134 Å². The summed E-state index contributed by atoms with van der Waals surface area (Å²) < 4.78 is 5.40. The zero-order valence-corrected chi connectivity index (χ0v) is 15.2. The van der Waals surface area contributed by atoms with Crippen molar-refractivity contribution in [3.8, 4) is 0 Å². The highest BCUT2D eigenvalue weighted by Crippen LogP contribution is 2.14. The molecule has 0 aliphatic carbocycles. The molecule has 19 heavy (non-hydrogen) atoms. The SMILES string of the molecule is CN=C(NCC(C)(C)N1CCOCC1)NC(C)C.I. The lowest BCUT2D eigenvalue weighted by Gasteiger charge is -2.41. The molecule has 6 heteroatoms. The molecular weight excluding hydrogens is 355 g/mol. The predicted molar refractivity (Wildman–Crippen MR) is 91.5 cm³/mol. The Morgan fingerprint density at radius 3 is 2.37 bits per heavy atom. The van der Waals surface area contributed by atoms with Crippen LogP contribution < -0.4 is 10.6 Å². The van der Waals surface area contributed by atoms with Gasteiger partial charge in [-0.1, -0.05) is 0 Å². The van der Waals surface area contributed by atoms with E-state index < -0.39 is 0 Å². The maximum Gasteiger partial charge on any atom is 0.191 e. The first-order chi connectivity index (χ1) is 8.45. The van der Waals surface area contributed by atoms with E-state index in [1.165, 1.54) is 0 Å². The topological polar surface area (TPSA) is 48.9 Å². The largest absolute Gasteiger partial charge is 0.379 e. The molecule has 0 bridgehead atoms. The Morgan fingerprint density at radius 1 is 1.32 bits per heavy atom. The fourth-order valence-electron chi connectivity index (χ4n) is 2.05. The molecule has 0 spiro atoms. The number of hydrogen-bond acceptors (Lipinski definition) is 3. The van der Waals surface area contributed by atoms with E-state index >= 15 is 0 Å². The first kappa shape index (κ1) is 18.9. The average Bonchev–Trinajstić information content (AvgIpc) is 2.35. The molecule has 114 valence electrons. The van der Waals surface area contributed by atoms with E-state index in [1.807, 2.05) is 0 Å². The van der Waals surface area contributed by atoms with Crippen LogP contribution in [-0.4, -0.2) is 62.3 Å². The van der Waals surface area contributed by atoms with Gasteiger partial charge in [0.25, 0.3) is 0 Å². The summed E-state index contributed by atoms with van der Waals surface area (Å²) in [4.78, 5) is 6.69. The van der Waals surface area contributed by atoms with Gasteiger partial charge in [0.15, 0.2) is 5.96 Å². The van der Waals surface area contributed by atoms with Crippen molar-refractivity contribution in [2.24, 2.45) is 4.99 Å². The summed E-state index contributed by atoms with van der Waals surface area (Å²) in [5.41, 5.74) is 0.110. The Morgan fingerprint density at radius 2 is 1.89 bits per heavy atom. The second kappa shape index (κ2) is 8.97. The lowest BCUT2D eigenvalue weighted by atomic mass is 10.0. The van der Waals surface area contributed by atoms with E-state index in [1.54, 1.807) is 7.05 Å². The van der Waals surface area contributed by atoms with Crippen molar-refractivity contribution in [3.63, 3.8) is 0 Å².